The maximum Gasteiger partial charge on any atom is 0.230 e. The zero-order chi connectivity index (χ0) is 13.9. The van der Waals surface area contributed by atoms with Crippen LogP contribution in [-0.4, -0.2) is 29.9 Å². The molecule has 2 rings (SSSR count). The minimum atomic E-state index is -0.350. The monoisotopic (exact) mass is 266 g/mol. The molecule has 2 saturated carbocycles. The van der Waals surface area contributed by atoms with Crippen LogP contribution in [0, 0.1) is 11.3 Å². The van der Waals surface area contributed by atoms with E-state index in [4.69, 9.17) is 5.73 Å². The molecule has 2 N–H and O–H groups in total. The van der Waals surface area contributed by atoms with Gasteiger partial charge in [-0.05, 0) is 44.9 Å². The molecule has 0 aromatic rings. The third kappa shape index (κ3) is 3.50. The Morgan fingerprint density at radius 1 is 1.21 bits per heavy atom. The van der Waals surface area contributed by atoms with Crippen LogP contribution in [0.1, 0.15) is 65.2 Å². The Morgan fingerprint density at radius 2 is 1.84 bits per heavy atom. The van der Waals surface area contributed by atoms with Gasteiger partial charge in [0.25, 0.3) is 0 Å². The average molecular weight is 266 g/mol. The second-order valence-corrected chi connectivity index (χ2v) is 6.81. The number of carbonyl (C=O) groups excluding carboxylic acids is 1. The highest BCUT2D eigenvalue weighted by molar-refractivity contribution is 5.83. The number of rotatable bonds is 6. The van der Waals surface area contributed by atoms with E-state index in [-0.39, 0.29) is 5.41 Å². The van der Waals surface area contributed by atoms with Gasteiger partial charge in [-0.25, -0.2) is 0 Å². The van der Waals surface area contributed by atoms with Crippen molar-refractivity contribution in [3.63, 3.8) is 0 Å². The summed E-state index contributed by atoms with van der Waals surface area (Å²) < 4.78 is 0. The highest BCUT2D eigenvalue weighted by Crippen LogP contribution is 2.35. The quantitative estimate of drug-likeness (QED) is 0.803. The van der Waals surface area contributed by atoms with Crippen molar-refractivity contribution < 1.29 is 4.79 Å². The summed E-state index contributed by atoms with van der Waals surface area (Å²) in [6, 6.07) is 0.520. The van der Waals surface area contributed by atoms with Crippen molar-refractivity contribution in [3.8, 4) is 0 Å². The fourth-order valence-electron chi connectivity index (χ4n) is 3.16. The molecule has 19 heavy (non-hydrogen) atoms. The second kappa shape index (κ2) is 6.25. The molecule has 110 valence electrons. The van der Waals surface area contributed by atoms with Crippen LogP contribution in [0.15, 0.2) is 0 Å². The summed E-state index contributed by atoms with van der Waals surface area (Å²) in [5, 5.41) is 0. The molecule has 0 saturated heterocycles. The van der Waals surface area contributed by atoms with Gasteiger partial charge in [-0.15, -0.1) is 0 Å². The van der Waals surface area contributed by atoms with Crippen LogP contribution in [0.5, 0.6) is 0 Å². The van der Waals surface area contributed by atoms with E-state index in [0.29, 0.717) is 18.5 Å². The van der Waals surface area contributed by atoms with Gasteiger partial charge >= 0.3 is 0 Å². The third-order valence-electron chi connectivity index (χ3n) is 5.18. The lowest BCUT2D eigenvalue weighted by Gasteiger charge is -2.36. The molecule has 1 atom stereocenters. The molecule has 3 heteroatoms. The lowest BCUT2D eigenvalue weighted by molar-refractivity contribution is -0.142. The van der Waals surface area contributed by atoms with Gasteiger partial charge in [-0.2, -0.15) is 0 Å². The average Bonchev–Trinajstić information content (AvgIpc) is 3.29. The molecule has 2 aliphatic carbocycles. The normalized spacial score (nSPS) is 23.9. The fraction of sp³-hybridized carbons (Fsp3) is 0.938. The van der Waals surface area contributed by atoms with Gasteiger partial charge in [-0.3, -0.25) is 4.79 Å². The summed E-state index contributed by atoms with van der Waals surface area (Å²) in [6.45, 7) is 5.57. The molecule has 2 fully saturated rings. The zero-order valence-electron chi connectivity index (χ0n) is 12.7. The van der Waals surface area contributed by atoms with E-state index < -0.39 is 0 Å². The Labute approximate surface area is 117 Å². The van der Waals surface area contributed by atoms with E-state index in [1.807, 2.05) is 6.92 Å². The van der Waals surface area contributed by atoms with Gasteiger partial charge in [0.2, 0.25) is 5.91 Å². The van der Waals surface area contributed by atoms with Gasteiger partial charge in [0.05, 0.1) is 5.41 Å². The molecule has 0 radical (unpaired) electrons. The number of carbonyl (C=O) groups is 1. The Kier molecular flexibility index (Phi) is 4.88. The van der Waals surface area contributed by atoms with Crippen molar-refractivity contribution in [3.05, 3.63) is 0 Å². The van der Waals surface area contributed by atoms with Gasteiger partial charge in [0.1, 0.15) is 0 Å². The summed E-state index contributed by atoms with van der Waals surface area (Å²) in [6.07, 6.45) is 9.92. The Balaban J connectivity index is 2.00. The van der Waals surface area contributed by atoms with Gasteiger partial charge in [-0.1, -0.05) is 26.2 Å². The topological polar surface area (TPSA) is 46.3 Å². The largest absolute Gasteiger partial charge is 0.339 e. The first-order valence-electron chi connectivity index (χ1n) is 8.12. The SMILES string of the molecule is CCC(C)(CN)C(=O)N(CC1CCCCC1)C1CC1. The number of nitrogens with zero attached hydrogens (tertiary/aromatic N) is 1. The molecule has 0 spiro atoms. The first-order valence-corrected chi connectivity index (χ1v) is 8.12. The molecule has 3 nitrogen and oxygen atoms in total. The molecule has 1 amide bonds. The number of hydrogen-bond acceptors (Lipinski definition) is 2. The molecule has 0 aromatic carbocycles. The first kappa shape index (κ1) is 14.8. The third-order valence-corrected chi connectivity index (χ3v) is 5.18. The predicted molar refractivity (Wildman–Crippen MR) is 78.8 cm³/mol. The highest BCUT2D eigenvalue weighted by atomic mass is 16.2. The van der Waals surface area contributed by atoms with Crippen molar-refractivity contribution in [2.75, 3.05) is 13.1 Å². The maximum atomic E-state index is 12.8. The standard InChI is InChI=1S/C16H30N2O/c1-3-16(2,12-17)15(19)18(14-9-10-14)11-13-7-5-4-6-8-13/h13-14H,3-12,17H2,1-2H3. The van der Waals surface area contributed by atoms with Crippen molar-refractivity contribution in [2.45, 2.75) is 71.3 Å². The second-order valence-electron chi connectivity index (χ2n) is 6.81. The summed E-state index contributed by atoms with van der Waals surface area (Å²) in [5.74, 6) is 1.04. The summed E-state index contributed by atoms with van der Waals surface area (Å²) >= 11 is 0. The van der Waals surface area contributed by atoms with Crippen LogP contribution >= 0.6 is 0 Å². The summed E-state index contributed by atoms with van der Waals surface area (Å²) in [4.78, 5) is 15.0. The maximum absolute atomic E-state index is 12.8. The molecule has 0 heterocycles. The smallest absolute Gasteiger partial charge is 0.230 e. The van der Waals surface area contributed by atoms with Crippen LogP contribution in [-0.2, 0) is 4.79 Å². The van der Waals surface area contributed by atoms with E-state index in [2.05, 4.69) is 11.8 Å². The van der Waals surface area contributed by atoms with Gasteiger partial charge in [0.15, 0.2) is 0 Å². The lowest BCUT2D eigenvalue weighted by Crippen LogP contribution is -2.48. The van der Waals surface area contributed by atoms with Crippen molar-refractivity contribution in [1.29, 1.82) is 0 Å². The van der Waals surface area contributed by atoms with Crippen LogP contribution < -0.4 is 5.73 Å². The minimum Gasteiger partial charge on any atom is -0.339 e. The summed E-state index contributed by atoms with van der Waals surface area (Å²) in [7, 11) is 0. The van der Waals surface area contributed by atoms with Crippen LogP contribution in [0.25, 0.3) is 0 Å². The zero-order valence-corrected chi connectivity index (χ0v) is 12.7. The van der Waals surface area contributed by atoms with Gasteiger partial charge in [0, 0.05) is 19.1 Å². The molecular formula is C16H30N2O. The Hall–Kier alpha value is -0.570. The van der Waals surface area contributed by atoms with E-state index >= 15 is 0 Å². The molecule has 0 aromatic heterocycles. The van der Waals surface area contributed by atoms with E-state index in [1.165, 1.54) is 44.9 Å². The van der Waals surface area contributed by atoms with E-state index in [1.54, 1.807) is 0 Å². The molecule has 0 aliphatic heterocycles. The molecule has 0 bridgehead atoms. The van der Waals surface area contributed by atoms with Crippen molar-refractivity contribution in [1.82, 2.24) is 4.90 Å². The van der Waals surface area contributed by atoms with Crippen molar-refractivity contribution >= 4 is 5.91 Å². The minimum absolute atomic E-state index is 0.311. The predicted octanol–water partition coefficient (Wildman–Crippen LogP) is 2.93. The molecular weight excluding hydrogens is 236 g/mol. The van der Waals surface area contributed by atoms with Gasteiger partial charge < -0.3 is 10.6 Å². The lowest BCUT2D eigenvalue weighted by atomic mass is 9.84. The van der Waals surface area contributed by atoms with Crippen LogP contribution in [0.2, 0.25) is 0 Å². The Bertz CT molecular complexity index is 302. The number of amides is 1. The van der Waals surface area contributed by atoms with E-state index in [9.17, 15) is 4.79 Å². The van der Waals surface area contributed by atoms with Crippen LogP contribution in [0.4, 0.5) is 0 Å². The first-order chi connectivity index (χ1) is 9.10. The van der Waals surface area contributed by atoms with E-state index in [0.717, 1.165) is 18.9 Å². The molecule has 2 aliphatic rings. The molecule has 1 unspecified atom stereocenters. The van der Waals surface area contributed by atoms with Crippen molar-refractivity contribution in [2.24, 2.45) is 17.1 Å². The summed E-state index contributed by atoms with van der Waals surface area (Å²) in [5.41, 5.74) is 5.51. The number of hydrogen-bond donors (Lipinski definition) is 1. The Morgan fingerprint density at radius 3 is 2.32 bits per heavy atom. The number of nitrogens with two attached hydrogens (primary N) is 1. The van der Waals surface area contributed by atoms with Crippen LogP contribution in [0.3, 0.4) is 0 Å². The fourth-order valence-corrected chi connectivity index (χ4v) is 3.16. The highest BCUT2D eigenvalue weighted by Gasteiger charge is 2.41.